The second-order valence-electron chi connectivity index (χ2n) is 5.47. The van der Waals surface area contributed by atoms with Gasteiger partial charge in [0.05, 0.1) is 4.47 Å². The molecule has 0 saturated heterocycles. The molecule has 2 aromatic rings. The van der Waals surface area contributed by atoms with Crippen molar-refractivity contribution in [3.63, 3.8) is 0 Å². The Hall–Kier alpha value is -2.41. The molecule has 7 heteroatoms. The summed E-state index contributed by atoms with van der Waals surface area (Å²) in [6.45, 7) is 4.92. The summed E-state index contributed by atoms with van der Waals surface area (Å²) in [6.07, 6.45) is 0. The smallest absolute Gasteiger partial charge is 0.262 e. The summed E-state index contributed by atoms with van der Waals surface area (Å²) in [5.74, 6) is -0.420. The van der Waals surface area contributed by atoms with E-state index >= 15 is 0 Å². The normalized spacial score (nSPS) is 10.3. The van der Waals surface area contributed by atoms with Gasteiger partial charge in [-0.05, 0) is 72.2 Å². The van der Waals surface area contributed by atoms with Crippen LogP contribution in [0, 0.1) is 5.82 Å². The van der Waals surface area contributed by atoms with Crippen molar-refractivity contribution in [2.24, 2.45) is 0 Å². The van der Waals surface area contributed by atoms with Crippen LogP contribution in [-0.4, -0.2) is 36.4 Å². The Balaban J connectivity index is 1.92. The van der Waals surface area contributed by atoms with E-state index in [0.717, 1.165) is 0 Å². The van der Waals surface area contributed by atoms with Gasteiger partial charge in [0.15, 0.2) is 6.61 Å². The minimum absolute atomic E-state index is 0.0441. The van der Waals surface area contributed by atoms with Crippen molar-refractivity contribution in [1.29, 1.82) is 0 Å². The largest absolute Gasteiger partial charge is 0.483 e. The van der Waals surface area contributed by atoms with E-state index in [1.807, 2.05) is 13.8 Å². The molecule has 0 atom stereocenters. The molecule has 0 aromatic heterocycles. The van der Waals surface area contributed by atoms with Crippen LogP contribution < -0.4 is 10.1 Å². The van der Waals surface area contributed by atoms with Gasteiger partial charge in [-0.3, -0.25) is 9.59 Å². The number of hydrogen-bond acceptors (Lipinski definition) is 3. The topological polar surface area (TPSA) is 58.6 Å². The van der Waals surface area contributed by atoms with Gasteiger partial charge in [-0.1, -0.05) is 0 Å². The van der Waals surface area contributed by atoms with Crippen molar-refractivity contribution in [2.75, 3.05) is 25.0 Å². The minimum Gasteiger partial charge on any atom is -0.483 e. The molecular weight excluding hydrogens is 403 g/mol. The van der Waals surface area contributed by atoms with Crippen LogP contribution >= 0.6 is 15.9 Å². The maximum Gasteiger partial charge on any atom is 0.262 e. The van der Waals surface area contributed by atoms with Gasteiger partial charge in [0.1, 0.15) is 11.6 Å². The molecule has 0 aliphatic carbocycles. The first-order valence-electron chi connectivity index (χ1n) is 8.21. The van der Waals surface area contributed by atoms with Gasteiger partial charge in [-0.25, -0.2) is 4.39 Å². The summed E-state index contributed by atoms with van der Waals surface area (Å²) < 4.78 is 18.8. The molecule has 0 fully saturated rings. The lowest BCUT2D eigenvalue weighted by atomic mass is 10.2. The second kappa shape index (κ2) is 9.33. The molecule has 0 radical (unpaired) electrons. The van der Waals surface area contributed by atoms with Gasteiger partial charge in [0.2, 0.25) is 0 Å². The number of benzene rings is 2. The van der Waals surface area contributed by atoms with Crippen molar-refractivity contribution in [3.05, 3.63) is 58.3 Å². The summed E-state index contributed by atoms with van der Waals surface area (Å²) in [5.41, 5.74) is 1.13. The second-order valence-corrected chi connectivity index (χ2v) is 6.32. The maximum atomic E-state index is 13.0. The molecule has 0 heterocycles. The summed E-state index contributed by atoms with van der Waals surface area (Å²) >= 11 is 3.18. The van der Waals surface area contributed by atoms with E-state index < -0.39 is 5.82 Å². The number of nitrogens with zero attached hydrogens (tertiary/aromatic N) is 1. The predicted octanol–water partition coefficient (Wildman–Crippen LogP) is 4.09. The fourth-order valence-corrected chi connectivity index (χ4v) is 2.79. The lowest BCUT2D eigenvalue weighted by molar-refractivity contribution is -0.118. The zero-order chi connectivity index (χ0) is 19.1. The minimum atomic E-state index is -0.395. The fourth-order valence-electron chi connectivity index (χ4n) is 2.32. The van der Waals surface area contributed by atoms with Crippen molar-refractivity contribution in [2.45, 2.75) is 13.8 Å². The van der Waals surface area contributed by atoms with Crippen LogP contribution in [0.4, 0.5) is 10.1 Å². The number of hydrogen-bond donors (Lipinski definition) is 1. The first-order valence-corrected chi connectivity index (χ1v) is 9.01. The van der Waals surface area contributed by atoms with Crippen LogP contribution in [0.2, 0.25) is 0 Å². The Morgan fingerprint density at radius 2 is 1.77 bits per heavy atom. The number of rotatable bonds is 7. The SMILES string of the molecule is CCN(CC)C(=O)c1ccc(NC(=O)COc2ccc(F)cc2Br)cc1. The molecule has 2 aromatic carbocycles. The summed E-state index contributed by atoms with van der Waals surface area (Å²) in [4.78, 5) is 26.0. The van der Waals surface area contributed by atoms with Crippen LogP contribution in [0.3, 0.4) is 0 Å². The number of anilines is 1. The van der Waals surface area contributed by atoms with Crippen LogP contribution in [-0.2, 0) is 4.79 Å². The maximum absolute atomic E-state index is 13.0. The molecule has 26 heavy (non-hydrogen) atoms. The van der Waals surface area contributed by atoms with E-state index in [1.165, 1.54) is 18.2 Å². The summed E-state index contributed by atoms with van der Waals surface area (Å²) in [6, 6.07) is 10.6. The highest BCUT2D eigenvalue weighted by Crippen LogP contribution is 2.25. The lowest BCUT2D eigenvalue weighted by Crippen LogP contribution is -2.30. The Morgan fingerprint density at radius 3 is 2.35 bits per heavy atom. The van der Waals surface area contributed by atoms with Crippen LogP contribution in [0.1, 0.15) is 24.2 Å². The molecule has 0 bridgehead atoms. The van der Waals surface area contributed by atoms with Crippen molar-refractivity contribution in [1.82, 2.24) is 4.90 Å². The van der Waals surface area contributed by atoms with Crippen LogP contribution in [0.5, 0.6) is 5.75 Å². The highest BCUT2D eigenvalue weighted by molar-refractivity contribution is 9.10. The number of carbonyl (C=O) groups is 2. The molecule has 1 N–H and O–H groups in total. The molecule has 2 amide bonds. The summed E-state index contributed by atoms with van der Waals surface area (Å²) in [7, 11) is 0. The Morgan fingerprint density at radius 1 is 1.12 bits per heavy atom. The molecule has 0 aliphatic rings. The molecule has 0 saturated carbocycles. The van der Waals surface area contributed by atoms with Gasteiger partial charge in [-0.2, -0.15) is 0 Å². The summed E-state index contributed by atoms with van der Waals surface area (Å²) in [5, 5.41) is 2.69. The quantitative estimate of drug-likeness (QED) is 0.730. The zero-order valence-electron chi connectivity index (χ0n) is 14.6. The lowest BCUT2D eigenvalue weighted by Gasteiger charge is -2.18. The standard InChI is InChI=1S/C19H20BrFN2O3/c1-3-23(4-2)19(25)13-5-8-15(9-6-13)22-18(24)12-26-17-10-7-14(21)11-16(17)20/h5-11H,3-4,12H2,1-2H3,(H,22,24). The average molecular weight is 423 g/mol. The first-order chi connectivity index (χ1) is 12.4. The third-order valence-electron chi connectivity index (χ3n) is 3.72. The third-order valence-corrected chi connectivity index (χ3v) is 4.34. The number of amides is 2. The highest BCUT2D eigenvalue weighted by Gasteiger charge is 2.12. The Labute approximate surface area is 160 Å². The van der Waals surface area contributed by atoms with Gasteiger partial charge in [0.25, 0.3) is 11.8 Å². The van der Waals surface area contributed by atoms with Crippen molar-refractivity contribution >= 4 is 33.4 Å². The Kier molecular flexibility index (Phi) is 7.15. The predicted molar refractivity (Wildman–Crippen MR) is 102 cm³/mol. The molecule has 0 unspecified atom stereocenters. The zero-order valence-corrected chi connectivity index (χ0v) is 16.2. The number of halogens is 2. The number of ether oxygens (including phenoxy) is 1. The molecular formula is C19H20BrFN2O3. The van der Waals surface area contributed by atoms with Crippen molar-refractivity contribution < 1.29 is 18.7 Å². The van der Waals surface area contributed by atoms with E-state index in [-0.39, 0.29) is 18.4 Å². The van der Waals surface area contributed by atoms with E-state index in [4.69, 9.17) is 4.74 Å². The van der Waals surface area contributed by atoms with E-state index in [9.17, 15) is 14.0 Å². The molecule has 138 valence electrons. The van der Waals surface area contributed by atoms with E-state index in [1.54, 1.807) is 29.2 Å². The number of carbonyl (C=O) groups excluding carboxylic acids is 2. The van der Waals surface area contributed by atoms with Gasteiger partial charge in [0, 0.05) is 24.3 Å². The van der Waals surface area contributed by atoms with Gasteiger partial charge >= 0.3 is 0 Å². The number of nitrogens with one attached hydrogen (secondary N) is 1. The van der Waals surface area contributed by atoms with Crippen LogP contribution in [0.25, 0.3) is 0 Å². The van der Waals surface area contributed by atoms with Gasteiger partial charge in [-0.15, -0.1) is 0 Å². The molecule has 0 spiro atoms. The van der Waals surface area contributed by atoms with Crippen molar-refractivity contribution in [3.8, 4) is 5.75 Å². The van der Waals surface area contributed by atoms with Gasteiger partial charge < -0.3 is 15.0 Å². The highest BCUT2D eigenvalue weighted by atomic mass is 79.9. The van der Waals surface area contributed by atoms with E-state index in [0.29, 0.717) is 34.6 Å². The molecule has 5 nitrogen and oxygen atoms in total. The monoisotopic (exact) mass is 422 g/mol. The first kappa shape index (κ1) is 19.9. The van der Waals surface area contributed by atoms with Crippen LogP contribution in [0.15, 0.2) is 46.9 Å². The molecule has 2 rings (SSSR count). The van der Waals surface area contributed by atoms with E-state index in [2.05, 4.69) is 21.2 Å². The Bertz CT molecular complexity index is 777. The fraction of sp³-hybridized carbons (Fsp3) is 0.263. The third kappa shape index (κ3) is 5.29. The molecule has 0 aliphatic heterocycles. The average Bonchev–Trinajstić information content (AvgIpc) is 2.62.